The molecular weight excluding hydrogens is 342 g/mol. The predicted molar refractivity (Wildman–Crippen MR) is 93.9 cm³/mol. The monoisotopic (exact) mass is 367 g/mol. The zero-order valence-electron chi connectivity index (χ0n) is 14.8. The normalized spacial score (nSPS) is 23.7. The summed E-state index contributed by atoms with van der Waals surface area (Å²) in [4.78, 5) is 24.1. The molecule has 0 saturated heterocycles. The van der Waals surface area contributed by atoms with Crippen LogP contribution in [0.25, 0.3) is 0 Å². The molecule has 1 aliphatic carbocycles. The molecule has 138 valence electrons. The lowest BCUT2D eigenvalue weighted by Crippen LogP contribution is -2.45. The quantitative estimate of drug-likeness (QED) is 0.806. The van der Waals surface area contributed by atoms with E-state index in [0.29, 0.717) is 11.8 Å². The van der Waals surface area contributed by atoms with Gasteiger partial charge in [-0.05, 0) is 42.5 Å². The van der Waals surface area contributed by atoms with E-state index in [9.17, 15) is 18.0 Å². The fourth-order valence-electron chi connectivity index (χ4n) is 3.09. The fourth-order valence-corrected chi connectivity index (χ4v) is 3.72. The predicted octanol–water partition coefficient (Wildman–Crippen LogP) is 2.19. The Labute approximate surface area is 148 Å². The molecule has 0 aromatic heterocycles. The van der Waals surface area contributed by atoms with Crippen LogP contribution >= 0.6 is 0 Å². The molecule has 1 aromatic carbocycles. The number of ether oxygens (including phenoxy) is 1. The molecule has 0 radical (unpaired) electrons. The van der Waals surface area contributed by atoms with E-state index in [1.54, 1.807) is 0 Å². The number of carbonyl (C=O) groups is 2. The number of hydrogen-bond donors (Lipinski definition) is 1. The highest BCUT2D eigenvalue weighted by Gasteiger charge is 2.28. The third kappa shape index (κ3) is 5.29. The summed E-state index contributed by atoms with van der Waals surface area (Å²) in [5.41, 5.74) is 0.208. The largest absolute Gasteiger partial charge is 0.452 e. The molecule has 2 rings (SSSR count). The zero-order valence-corrected chi connectivity index (χ0v) is 15.6. The van der Waals surface area contributed by atoms with E-state index >= 15 is 0 Å². The van der Waals surface area contributed by atoms with Gasteiger partial charge in [0.05, 0.1) is 10.5 Å². The summed E-state index contributed by atoms with van der Waals surface area (Å²) in [6.07, 6.45) is 4.30. The maximum atomic E-state index is 12.0. The van der Waals surface area contributed by atoms with E-state index < -0.39 is 15.8 Å². The third-order valence-electron chi connectivity index (χ3n) is 4.91. The first kappa shape index (κ1) is 19.4. The Hall–Kier alpha value is -1.89. The van der Waals surface area contributed by atoms with Crippen molar-refractivity contribution in [3.63, 3.8) is 0 Å². The molecule has 1 saturated carbocycles. The van der Waals surface area contributed by atoms with E-state index in [4.69, 9.17) is 4.74 Å². The molecule has 0 spiro atoms. The number of hydrogen-bond acceptors (Lipinski definition) is 5. The van der Waals surface area contributed by atoms with Crippen LogP contribution in [0.15, 0.2) is 29.2 Å². The number of esters is 1. The van der Waals surface area contributed by atoms with E-state index in [2.05, 4.69) is 19.2 Å². The summed E-state index contributed by atoms with van der Waals surface area (Å²) in [6, 6.07) is 5.56. The standard InChI is InChI=1S/C18H25NO5S/c1-12-5-4-6-16(13(12)2)19-17(20)11-24-18(21)14-7-9-15(10-8-14)25(3,22)23/h7-10,12-13,16H,4-6,11H2,1-3H3,(H,19,20)/t12-,13+,16+/m0/s1. The molecule has 1 aliphatic rings. The lowest BCUT2D eigenvalue weighted by molar-refractivity contribution is -0.125. The topological polar surface area (TPSA) is 89.5 Å². The molecule has 6 nitrogen and oxygen atoms in total. The molecule has 1 amide bonds. The molecule has 0 unspecified atom stereocenters. The van der Waals surface area contributed by atoms with Crippen LogP contribution in [0.1, 0.15) is 43.5 Å². The van der Waals surface area contributed by atoms with Crippen molar-refractivity contribution >= 4 is 21.7 Å². The average Bonchev–Trinajstić information content (AvgIpc) is 2.56. The summed E-state index contributed by atoms with van der Waals surface area (Å²) < 4.78 is 27.8. The molecule has 0 bridgehead atoms. The molecular formula is C18H25NO5S. The van der Waals surface area contributed by atoms with Crippen LogP contribution < -0.4 is 5.32 Å². The SMILES string of the molecule is C[C@@H]1[C@@H](C)CCC[C@H]1NC(=O)COC(=O)c1ccc(S(C)(=O)=O)cc1. The highest BCUT2D eigenvalue weighted by Crippen LogP contribution is 2.29. The second kappa shape index (κ2) is 7.99. The fraction of sp³-hybridized carbons (Fsp3) is 0.556. The maximum absolute atomic E-state index is 12.0. The van der Waals surface area contributed by atoms with Crippen LogP contribution in [-0.4, -0.2) is 39.2 Å². The number of carbonyl (C=O) groups excluding carboxylic acids is 2. The minimum atomic E-state index is -3.31. The van der Waals surface area contributed by atoms with Gasteiger partial charge in [-0.2, -0.15) is 0 Å². The molecule has 1 N–H and O–H groups in total. The van der Waals surface area contributed by atoms with Crippen molar-refractivity contribution < 1.29 is 22.7 Å². The van der Waals surface area contributed by atoms with E-state index in [0.717, 1.165) is 19.1 Å². The number of amides is 1. The molecule has 25 heavy (non-hydrogen) atoms. The summed E-state index contributed by atoms with van der Waals surface area (Å²) in [7, 11) is -3.31. The van der Waals surface area contributed by atoms with Gasteiger partial charge in [0.15, 0.2) is 16.4 Å². The third-order valence-corrected chi connectivity index (χ3v) is 6.03. The molecule has 0 aliphatic heterocycles. The Morgan fingerprint density at radius 2 is 1.80 bits per heavy atom. The van der Waals surface area contributed by atoms with Crippen LogP contribution in [0.4, 0.5) is 0 Å². The summed E-state index contributed by atoms with van der Waals surface area (Å²) in [5, 5.41) is 2.94. The first-order valence-electron chi connectivity index (χ1n) is 8.45. The van der Waals surface area contributed by atoms with Gasteiger partial charge in [-0.25, -0.2) is 13.2 Å². The Morgan fingerprint density at radius 3 is 2.40 bits per heavy atom. The lowest BCUT2D eigenvalue weighted by atomic mass is 9.78. The van der Waals surface area contributed by atoms with Crippen LogP contribution in [0.2, 0.25) is 0 Å². The van der Waals surface area contributed by atoms with Gasteiger partial charge < -0.3 is 10.1 Å². The Morgan fingerprint density at radius 1 is 1.16 bits per heavy atom. The van der Waals surface area contributed by atoms with Gasteiger partial charge >= 0.3 is 5.97 Å². The Balaban J connectivity index is 1.86. The van der Waals surface area contributed by atoms with Gasteiger partial charge in [-0.1, -0.05) is 26.7 Å². The van der Waals surface area contributed by atoms with Crippen LogP contribution in [-0.2, 0) is 19.4 Å². The van der Waals surface area contributed by atoms with Gasteiger partial charge in [0.1, 0.15) is 0 Å². The molecule has 1 aromatic rings. The van der Waals surface area contributed by atoms with Gasteiger partial charge in [0.2, 0.25) is 0 Å². The number of rotatable bonds is 5. The molecule has 7 heteroatoms. The maximum Gasteiger partial charge on any atom is 0.338 e. The van der Waals surface area contributed by atoms with Gasteiger partial charge in [-0.15, -0.1) is 0 Å². The second-order valence-electron chi connectivity index (χ2n) is 6.81. The molecule has 3 atom stereocenters. The average molecular weight is 367 g/mol. The lowest BCUT2D eigenvalue weighted by Gasteiger charge is -2.34. The molecule has 0 heterocycles. The van der Waals surface area contributed by atoms with Gasteiger partial charge in [0.25, 0.3) is 5.91 Å². The van der Waals surface area contributed by atoms with Crippen molar-refractivity contribution in [2.45, 2.75) is 44.0 Å². The number of nitrogens with one attached hydrogen (secondary N) is 1. The summed E-state index contributed by atoms with van der Waals surface area (Å²) >= 11 is 0. The minimum absolute atomic E-state index is 0.115. The number of benzene rings is 1. The Bertz CT molecular complexity index is 726. The van der Waals surface area contributed by atoms with Crippen molar-refractivity contribution in [3.8, 4) is 0 Å². The van der Waals surface area contributed by atoms with Crippen molar-refractivity contribution in [2.24, 2.45) is 11.8 Å². The van der Waals surface area contributed by atoms with Gasteiger partial charge in [0, 0.05) is 12.3 Å². The summed E-state index contributed by atoms with van der Waals surface area (Å²) in [5.74, 6) is -0.000726. The Kier molecular flexibility index (Phi) is 6.21. The van der Waals surface area contributed by atoms with Crippen molar-refractivity contribution in [2.75, 3.05) is 12.9 Å². The smallest absolute Gasteiger partial charge is 0.338 e. The van der Waals surface area contributed by atoms with Crippen LogP contribution in [0.5, 0.6) is 0 Å². The van der Waals surface area contributed by atoms with Crippen molar-refractivity contribution in [1.82, 2.24) is 5.32 Å². The van der Waals surface area contributed by atoms with E-state index in [-0.39, 0.29) is 29.0 Å². The van der Waals surface area contributed by atoms with Crippen LogP contribution in [0.3, 0.4) is 0 Å². The highest BCUT2D eigenvalue weighted by atomic mass is 32.2. The van der Waals surface area contributed by atoms with Crippen molar-refractivity contribution in [3.05, 3.63) is 29.8 Å². The first-order chi connectivity index (χ1) is 11.7. The minimum Gasteiger partial charge on any atom is -0.452 e. The van der Waals surface area contributed by atoms with Crippen LogP contribution in [0, 0.1) is 11.8 Å². The first-order valence-corrected chi connectivity index (χ1v) is 10.3. The van der Waals surface area contributed by atoms with Gasteiger partial charge in [-0.3, -0.25) is 4.79 Å². The second-order valence-corrected chi connectivity index (χ2v) is 8.83. The van der Waals surface area contributed by atoms with E-state index in [1.807, 2.05) is 0 Å². The summed E-state index contributed by atoms with van der Waals surface area (Å²) in [6.45, 7) is 3.97. The molecule has 1 fully saturated rings. The van der Waals surface area contributed by atoms with E-state index in [1.165, 1.54) is 30.7 Å². The highest BCUT2D eigenvalue weighted by molar-refractivity contribution is 7.90. The van der Waals surface area contributed by atoms with Crippen molar-refractivity contribution in [1.29, 1.82) is 0 Å². The zero-order chi connectivity index (χ0) is 18.6. The number of sulfone groups is 1.